The largest absolute Gasteiger partial charge is 0.0915 e. The van der Waals surface area contributed by atoms with Crippen molar-refractivity contribution >= 4 is 0 Å². The van der Waals surface area contributed by atoms with E-state index < -0.39 is 0 Å². The molecule has 0 unspecified atom stereocenters. The molecule has 0 aromatic rings. The lowest BCUT2D eigenvalue weighted by atomic mass is 9.91. The van der Waals surface area contributed by atoms with E-state index in [0.29, 0.717) is 0 Å². The highest BCUT2D eigenvalue weighted by molar-refractivity contribution is 5.42. The molecule has 1 aliphatic carbocycles. The third-order valence-electron chi connectivity index (χ3n) is 3.37. The predicted molar refractivity (Wildman–Crippen MR) is 78.1 cm³/mol. The van der Waals surface area contributed by atoms with Gasteiger partial charge in [-0.3, -0.25) is 0 Å². The van der Waals surface area contributed by atoms with Gasteiger partial charge in [-0.25, -0.2) is 0 Å². The van der Waals surface area contributed by atoms with E-state index in [1.165, 1.54) is 56.1 Å². The SMILES string of the molecule is C=C(/C=C\C)C1=CC=C(CCCCCC)CC1. The van der Waals surface area contributed by atoms with Gasteiger partial charge in [0.25, 0.3) is 0 Å². The van der Waals surface area contributed by atoms with E-state index in [1.807, 2.05) is 6.92 Å². The minimum absolute atomic E-state index is 1.17. The van der Waals surface area contributed by atoms with Crippen LogP contribution in [-0.2, 0) is 0 Å². The van der Waals surface area contributed by atoms with E-state index in [0.717, 1.165) is 0 Å². The number of rotatable bonds is 7. The number of allylic oxidation sites excluding steroid dienone is 7. The highest BCUT2D eigenvalue weighted by atomic mass is 14.1. The van der Waals surface area contributed by atoms with Crippen LogP contribution in [0.2, 0.25) is 0 Å². The summed E-state index contributed by atoms with van der Waals surface area (Å²) < 4.78 is 0. The first kappa shape index (κ1) is 14.0. The Labute approximate surface area is 107 Å². The third-order valence-corrected chi connectivity index (χ3v) is 3.37. The molecule has 0 N–H and O–H groups in total. The van der Waals surface area contributed by atoms with Gasteiger partial charge in [0.1, 0.15) is 0 Å². The van der Waals surface area contributed by atoms with Crippen LogP contribution in [0.15, 0.2) is 47.6 Å². The van der Waals surface area contributed by atoms with Crippen LogP contribution >= 0.6 is 0 Å². The molecule has 0 nitrogen and oxygen atoms in total. The molecule has 0 amide bonds. The van der Waals surface area contributed by atoms with Gasteiger partial charge in [-0.15, -0.1) is 0 Å². The average Bonchev–Trinajstić information content (AvgIpc) is 2.36. The van der Waals surface area contributed by atoms with Crippen molar-refractivity contribution in [3.8, 4) is 0 Å². The molecule has 1 aliphatic rings. The lowest BCUT2D eigenvalue weighted by molar-refractivity contribution is 0.652. The van der Waals surface area contributed by atoms with Gasteiger partial charge in [0.15, 0.2) is 0 Å². The Morgan fingerprint density at radius 3 is 2.65 bits per heavy atom. The van der Waals surface area contributed by atoms with Gasteiger partial charge in [-0.1, -0.05) is 62.6 Å². The van der Waals surface area contributed by atoms with E-state index in [2.05, 4.69) is 37.8 Å². The molecule has 0 saturated heterocycles. The van der Waals surface area contributed by atoms with Crippen LogP contribution in [0.1, 0.15) is 58.8 Å². The molecule has 0 atom stereocenters. The van der Waals surface area contributed by atoms with Crippen LogP contribution in [0.25, 0.3) is 0 Å². The monoisotopic (exact) mass is 230 g/mol. The summed E-state index contributed by atoms with van der Waals surface area (Å²) in [6.45, 7) is 8.41. The van der Waals surface area contributed by atoms with Crippen molar-refractivity contribution in [1.82, 2.24) is 0 Å². The Kier molecular flexibility index (Phi) is 6.69. The molecule has 1 rings (SSSR count). The first-order valence-electron chi connectivity index (χ1n) is 6.98. The van der Waals surface area contributed by atoms with Crippen molar-refractivity contribution in [3.05, 3.63) is 47.6 Å². The van der Waals surface area contributed by atoms with E-state index >= 15 is 0 Å². The van der Waals surface area contributed by atoms with Crippen LogP contribution in [0.5, 0.6) is 0 Å². The molecule has 0 radical (unpaired) electrons. The molecule has 0 aliphatic heterocycles. The summed E-state index contributed by atoms with van der Waals surface area (Å²) in [6, 6.07) is 0. The highest BCUT2D eigenvalue weighted by Gasteiger charge is 2.07. The summed E-state index contributed by atoms with van der Waals surface area (Å²) in [5, 5.41) is 0. The molecule has 0 bridgehead atoms. The van der Waals surface area contributed by atoms with Crippen LogP contribution in [0.3, 0.4) is 0 Å². The first-order valence-corrected chi connectivity index (χ1v) is 6.98. The predicted octanol–water partition coefficient (Wildman–Crippen LogP) is 5.74. The van der Waals surface area contributed by atoms with Gasteiger partial charge in [-0.2, -0.15) is 0 Å². The minimum atomic E-state index is 1.17. The number of hydrogen-bond donors (Lipinski definition) is 0. The molecule has 17 heavy (non-hydrogen) atoms. The topological polar surface area (TPSA) is 0 Å². The van der Waals surface area contributed by atoms with Crippen LogP contribution in [0.4, 0.5) is 0 Å². The zero-order chi connectivity index (χ0) is 12.5. The summed E-state index contributed by atoms with van der Waals surface area (Å²) in [5.74, 6) is 0. The van der Waals surface area contributed by atoms with Crippen molar-refractivity contribution < 1.29 is 0 Å². The summed E-state index contributed by atoms with van der Waals surface area (Å²) in [5.41, 5.74) is 4.20. The maximum absolute atomic E-state index is 4.10. The summed E-state index contributed by atoms with van der Waals surface area (Å²) in [4.78, 5) is 0. The molecular formula is C17H26. The van der Waals surface area contributed by atoms with Crippen LogP contribution in [-0.4, -0.2) is 0 Å². The Hall–Kier alpha value is -1.04. The van der Waals surface area contributed by atoms with Crippen molar-refractivity contribution in [3.63, 3.8) is 0 Å². The Morgan fingerprint density at radius 1 is 1.24 bits per heavy atom. The first-order chi connectivity index (χ1) is 8.27. The van der Waals surface area contributed by atoms with Gasteiger partial charge < -0.3 is 0 Å². The van der Waals surface area contributed by atoms with Gasteiger partial charge in [-0.05, 0) is 43.8 Å². The zero-order valence-corrected chi connectivity index (χ0v) is 11.5. The summed E-state index contributed by atoms with van der Waals surface area (Å²) >= 11 is 0. The molecule has 0 heteroatoms. The molecule has 0 spiro atoms. The maximum Gasteiger partial charge on any atom is -0.0236 e. The van der Waals surface area contributed by atoms with Gasteiger partial charge >= 0.3 is 0 Å². The lowest BCUT2D eigenvalue weighted by Crippen LogP contribution is -1.95. The highest BCUT2D eigenvalue weighted by Crippen LogP contribution is 2.26. The van der Waals surface area contributed by atoms with E-state index in [-0.39, 0.29) is 0 Å². The summed E-state index contributed by atoms with van der Waals surface area (Å²) in [6.07, 6.45) is 17.9. The zero-order valence-electron chi connectivity index (χ0n) is 11.5. The number of hydrogen-bond acceptors (Lipinski definition) is 0. The molecule has 0 fully saturated rings. The van der Waals surface area contributed by atoms with Gasteiger partial charge in [0.2, 0.25) is 0 Å². The smallest absolute Gasteiger partial charge is 0.0236 e. The summed E-state index contributed by atoms with van der Waals surface area (Å²) in [7, 11) is 0. The second-order valence-corrected chi connectivity index (χ2v) is 4.85. The normalized spacial score (nSPS) is 15.9. The Bertz CT molecular complexity index is 326. The second kappa shape index (κ2) is 8.11. The van der Waals surface area contributed by atoms with Crippen molar-refractivity contribution in [2.45, 2.75) is 58.8 Å². The Balaban J connectivity index is 2.39. The van der Waals surface area contributed by atoms with Gasteiger partial charge in [0, 0.05) is 0 Å². The molecular weight excluding hydrogens is 204 g/mol. The lowest BCUT2D eigenvalue weighted by Gasteiger charge is -2.15. The standard InChI is InChI=1S/C17H26/c1-4-6-7-8-10-16-11-13-17(14-12-16)15(3)9-5-2/h5,9,11,13H,3-4,6-8,10,12,14H2,1-2H3/b9-5-. The van der Waals surface area contributed by atoms with Crippen LogP contribution in [0, 0.1) is 0 Å². The molecule has 0 heterocycles. The molecule has 0 saturated carbocycles. The van der Waals surface area contributed by atoms with Crippen molar-refractivity contribution in [2.24, 2.45) is 0 Å². The maximum atomic E-state index is 4.10. The third kappa shape index (κ3) is 5.21. The molecule has 0 aromatic carbocycles. The molecule has 0 aromatic heterocycles. The second-order valence-electron chi connectivity index (χ2n) is 4.85. The fourth-order valence-electron chi connectivity index (χ4n) is 2.24. The Morgan fingerprint density at radius 2 is 2.06 bits per heavy atom. The number of unbranched alkanes of at least 4 members (excludes halogenated alkanes) is 3. The average molecular weight is 230 g/mol. The fourth-order valence-corrected chi connectivity index (χ4v) is 2.24. The van der Waals surface area contributed by atoms with E-state index in [1.54, 1.807) is 5.57 Å². The van der Waals surface area contributed by atoms with Crippen molar-refractivity contribution in [2.75, 3.05) is 0 Å². The fraction of sp³-hybridized carbons (Fsp3) is 0.529. The van der Waals surface area contributed by atoms with Crippen LogP contribution < -0.4 is 0 Å². The minimum Gasteiger partial charge on any atom is -0.0915 e. The molecule has 94 valence electrons. The quantitative estimate of drug-likeness (QED) is 0.386. The van der Waals surface area contributed by atoms with Crippen molar-refractivity contribution in [1.29, 1.82) is 0 Å². The van der Waals surface area contributed by atoms with E-state index in [9.17, 15) is 0 Å². The van der Waals surface area contributed by atoms with E-state index in [4.69, 9.17) is 0 Å². The van der Waals surface area contributed by atoms with Gasteiger partial charge in [0.05, 0.1) is 0 Å².